The van der Waals surface area contributed by atoms with Crippen molar-refractivity contribution < 1.29 is 4.79 Å². The molecule has 0 saturated carbocycles. The van der Waals surface area contributed by atoms with E-state index in [1.807, 2.05) is 84.9 Å². The Balaban J connectivity index is 1.53. The van der Waals surface area contributed by atoms with Crippen molar-refractivity contribution in [3.8, 4) is 0 Å². The highest BCUT2D eigenvalue weighted by atomic mass is 79.9. The molecule has 3 aromatic carbocycles. The van der Waals surface area contributed by atoms with E-state index in [0.29, 0.717) is 17.6 Å². The monoisotopic (exact) mass is 503 g/mol. The third-order valence-electron chi connectivity index (χ3n) is 4.55. The van der Waals surface area contributed by atoms with Gasteiger partial charge in [-0.1, -0.05) is 52.3 Å². The molecule has 33 heavy (non-hydrogen) atoms. The molecule has 4 aromatic rings. The maximum Gasteiger partial charge on any atom is 0.246 e. The molecule has 1 aromatic heterocycles. The fourth-order valence-electron chi connectivity index (χ4n) is 2.90. The van der Waals surface area contributed by atoms with Crippen LogP contribution in [0.25, 0.3) is 0 Å². The van der Waals surface area contributed by atoms with Crippen molar-refractivity contribution in [3.63, 3.8) is 0 Å². The van der Waals surface area contributed by atoms with Crippen LogP contribution in [-0.2, 0) is 4.79 Å². The van der Waals surface area contributed by atoms with E-state index in [4.69, 9.17) is 0 Å². The van der Waals surface area contributed by atoms with Crippen LogP contribution in [0.4, 0.5) is 34.9 Å². The number of para-hydroxylation sites is 2. The van der Waals surface area contributed by atoms with Crippen molar-refractivity contribution >= 4 is 56.7 Å². The van der Waals surface area contributed by atoms with Gasteiger partial charge in [0, 0.05) is 21.5 Å². The summed E-state index contributed by atoms with van der Waals surface area (Å²) in [6, 6.07) is 26.0. The molecule has 0 unspecified atom stereocenters. The van der Waals surface area contributed by atoms with E-state index in [1.54, 1.807) is 6.92 Å². The Morgan fingerprint density at radius 3 is 1.70 bits per heavy atom. The third kappa shape index (κ3) is 6.50. The van der Waals surface area contributed by atoms with Gasteiger partial charge in [-0.05, 0) is 55.5 Å². The summed E-state index contributed by atoms with van der Waals surface area (Å²) in [7, 11) is 0. The van der Waals surface area contributed by atoms with Crippen LogP contribution in [0.3, 0.4) is 0 Å². The second kappa shape index (κ2) is 10.6. The van der Waals surface area contributed by atoms with Gasteiger partial charge in [0.2, 0.25) is 23.8 Å². The van der Waals surface area contributed by atoms with Gasteiger partial charge in [-0.15, -0.1) is 0 Å². The summed E-state index contributed by atoms with van der Waals surface area (Å²) in [5, 5.41) is 12.3. The molecule has 0 radical (unpaired) electrons. The highest BCUT2D eigenvalue weighted by Crippen LogP contribution is 2.19. The van der Waals surface area contributed by atoms with Crippen LogP contribution < -0.4 is 21.3 Å². The molecule has 1 atom stereocenters. The highest BCUT2D eigenvalue weighted by molar-refractivity contribution is 9.10. The van der Waals surface area contributed by atoms with Crippen LogP contribution in [0.15, 0.2) is 89.4 Å². The molecule has 1 heterocycles. The van der Waals surface area contributed by atoms with Gasteiger partial charge < -0.3 is 21.3 Å². The summed E-state index contributed by atoms with van der Waals surface area (Å²) >= 11 is 3.39. The van der Waals surface area contributed by atoms with E-state index >= 15 is 0 Å². The maximum absolute atomic E-state index is 12.7. The van der Waals surface area contributed by atoms with Crippen molar-refractivity contribution in [1.29, 1.82) is 0 Å². The fourth-order valence-corrected chi connectivity index (χ4v) is 3.16. The standard InChI is InChI=1S/C24H22BrN7O/c1-16(21(33)27-20-14-12-17(25)13-15-20)26-22-30-23(28-18-8-4-2-5-9-18)32-24(31-22)29-19-10-6-3-7-11-19/h2-16H,1H3,(H,27,33)(H3,26,28,29,30,31,32)/t16-/m1/s1. The molecule has 0 aliphatic rings. The van der Waals surface area contributed by atoms with Gasteiger partial charge in [-0.2, -0.15) is 15.0 Å². The minimum absolute atomic E-state index is 0.215. The molecule has 0 aliphatic carbocycles. The first-order valence-corrected chi connectivity index (χ1v) is 11.1. The van der Waals surface area contributed by atoms with Crippen LogP contribution in [-0.4, -0.2) is 26.9 Å². The number of carbonyl (C=O) groups excluding carboxylic acids is 1. The number of benzene rings is 3. The lowest BCUT2D eigenvalue weighted by Gasteiger charge is -2.16. The van der Waals surface area contributed by atoms with E-state index in [9.17, 15) is 4.79 Å². The van der Waals surface area contributed by atoms with Gasteiger partial charge in [0.1, 0.15) is 6.04 Å². The number of nitrogens with zero attached hydrogens (tertiary/aromatic N) is 3. The van der Waals surface area contributed by atoms with Gasteiger partial charge >= 0.3 is 0 Å². The molecule has 0 bridgehead atoms. The molecule has 0 fully saturated rings. The minimum Gasteiger partial charge on any atom is -0.342 e. The Bertz CT molecular complexity index is 1140. The number of carbonyl (C=O) groups is 1. The first kappa shape index (κ1) is 22.2. The largest absolute Gasteiger partial charge is 0.342 e. The Hall–Kier alpha value is -3.98. The molecule has 0 spiro atoms. The van der Waals surface area contributed by atoms with Crippen LogP contribution in [0.1, 0.15) is 6.92 Å². The average Bonchev–Trinajstić information content (AvgIpc) is 2.82. The van der Waals surface area contributed by atoms with Crippen molar-refractivity contribution in [2.75, 3.05) is 21.3 Å². The van der Waals surface area contributed by atoms with Crippen LogP contribution >= 0.6 is 15.9 Å². The third-order valence-corrected chi connectivity index (χ3v) is 5.07. The van der Waals surface area contributed by atoms with Crippen molar-refractivity contribution in [1.82, 2.24) is 15.0 Å². The Kier molecular flexibility index (Phi) is 7.11. The topological polar surface area (TPSA) is 104 Å². The summed E-state index contributed by atoms with van der Waals surface area (Å²) in [6.07, 6.45) is 0. The fraction of sp³-hybridized carbons (Fsp3) is 0.0833. The van der Waals surface area contributed by atoms with Gasteiger partial charge in [-0.3, -0.25) is 4.79 Å². The molecule has 0 saturated heterocycles. The zero-order valence-corrected chi connectivity index (χ0v) is 19.4. The summed E-state index contributed by atoms with van der Waals surface area (Å²) in [5.41, 5.74) is 2.37. The van der Waals surface area contributed by atoms with Crippen LogP contribution in [0, 0.1) is 0 Å². The molecule has 4 rings (SSSR count). The Labute approximate surface area is 200 Å². The number of aromatic nitrogens is 3. The summed E-state index contributed by atoms with van der Waals surface area (Å²) in [6.45, 7) is 1.74. The average molecular weight is 504 g/mol. The van der Waals surface area contributed by atoms with Gasteiger partial charge in [-0.25, -0.2) is 0 Å². The Morgan fingerprint density at radius 1 is 0.697 bits per heavy atom. The summed E-state index contributed by atoms with van der Waals surface area (Å²) < 4.78 is 0.939. The number of hydrogen-bond acceptors (Lipinski definition) is 7. The van der Waals surface area contributed by atoms with Gasteiger partial charge in [0.25, 0.3) is 0 Å². The van der Waals surface area contributed by atoms with E-state index < -0.39 is 6.04 Å². The van der Waals surface area contributed by atoms with Crippen molar-refractivity contribution in [2.45, 2.75) is 13.0 Å². The number of halogens is 1. The van der Waals surface area contributed by atoms with Gasteiger partial charge in [0.05, 0.1) is 0 Å². The summed E-state index contributed by atoms with van der Waals surface area (Å²) in [5.74, 6) is 0.739. The molecule has 8 nitrogen and oxygen atoms in total. The number of rotatable bonds is 8. The maximum atomic E-state index is 12.7. The van der Waals surface area contributed by atoms with Crippen molar-refractivity contribution in [3.05, 3.63) is 89.4 Å². The van der Waals surface area contributed by atoms with Crippen molar-refractivity contribution in [2.24, 2.45) is 0 Å². The first-order valence-electron chi connectivity index (χ1n) is 10.3. The molecular formula is C24H22BrN7O. The Morgan fingerprint density at radius 2 is 1.18 bits per heavy atom. The lowest BCUT2D eigenvalue weighted by Crippen LogP contribution is -2.32. The van der Waals surface area contributed by atoms with Crippen LogP contribution in [0.2, 0.25) is 0 Å². The predicted molar refractivity (Wildman–Crippen MR) is 135 cm³/mol. The number of amides is 1. The van der Waals surface area contributed by atoms with E-state index in [0.717, 1.165) is 15.8 Å². The quantitative estimate of drug-likeness (QED) is 0.249. The zero-order valence-electron chi connectivity index (χ0n) is 17.8. The molecule has 0 aliphatic heterocycles. The normalized spacial score (nSPS) is 11.3. The van der Waals surface area contributed by atoms with E-state index in [1.165, 1.54) is 0 Å². The zero-order chi connectivity index (χ0) is 23.0. The van der Waals surface area contributed by atoms with Gasteiger partial charge in [0.15, 0.2) is 0 Å². The number of anilines is 6. The second-order valence-corrected chi connectivity index (χ2v) is 8.07. The molecule has 4 N–H and O–H groups in total. The lowest BCUT2D eigenvalue weighted by molar-refractivity contribution is -0.116. The molecule has 166 valence electrons. The lowest BCUT2D eigenvalue weighted by atomic mass is 10.2. The second-order valence-electron chi connectivity index (χ2n) is 7.15. The number of nitrogens with one attached hydrogen (secondary N) is 4. The molecule has 1 amide bonds. The minimum atomic E-state index is -0.592. The van der Waals surface area contributed by atoms with E-state index in [-0.39, 0.29) is 11.9 Å². The molecule has 9 heteroatoms. The predicted octanol–water partition coefficient (Wildman–Crippen LogP) is 5.56. The summed E-state index contributed by atoms with van der Waals surface area (Å²) in [4.78, 5) is 26.0. The SMILES string of the molecule is C[C@@H](Nc1nc(Nc2ccccc2)nc(Nc2ccccc2)n1)C(=O)Nc1ccc(Br)cc1. The molecular weight excluding hydrogens is 482 g/mol. The highest BCUT2D eigenvalue weighted by Gasteiger charge is 2.16. The smallest absolute Gasteiger partial charge is 0.246 e. The van der Waals surface area contributed by atoms with E-state index in [2.05, 4.69) is 52.1 Å². The number of hydrogen-bond donors (Lipinski definition) is 4. The first-order chi connectivity index (χ1) is 16.0. The van der Waals surface area contributed by atoms with Crippen LogP contribution in [0.5, 0.6) is 0 Å².